The summed E-state index contributed by atoms with van der Waals surface area (Å²) >= 11 is 5.72. The first kappa shape index (κ1) is 26.2. The van der Waals surface area contributed by atoms with E-state index in [2.05, 4.69) is 33.4 Å². The molecule has 3 rings (SSSR count). The maximum Gasteiger partial charge on any atom is 0.170 e. The molecule has 0 aliphatic carbocycles. The van der Waals surface area contributed by atoms with Crippen molar-refractivity contribution < 1.29 is 15.0 Å². The Morgan fingerprint density at radius 3 is 2.24 bits per heavy atom. The Kier molecular flexibility index (Phi) is 9.74. The maximum absolute atomic E-state index is 12.5. The zero-order valence-corrected chi connectivity index (χ0v) is 20.7. The quantitative estimate of drug-likeness (QED) is 0.350. The molecule has 2 N–H and O–H groups in total. The number of phenolic OH excluding ortho intramolecular Hbond substituents is 2. The summed E-state index contributed by atoms with van der Waals surface area (Å²) in [4.78, 5) is 12.5. The number of benzene rings is 3. The van der Waals surface area contributed by atoms with E-state index in [1.165, 1.54) is 29.3 Å². The van der Waals surface area contributed by atoms with Crippen LogP contribution < -0.4 is 0 Å². The molecule has 3 aromatic rings. The second-order valence-corrected chi connectivity index (χ2v) is 8.83. The van der Waals surface area contributed by atoms with Crippen molar-refractivity contribution in [2.45, 2.75) is 53.4 Å². The van der Waals surface area contributed by atoms with E-state index in [-0.39, 0.29) is 29.3 Å². The molecule has 3 aromatic carbocycles. The molecule has 0 fully saturated rings. The molecule has 0 atom stereocenters. The number of carbonyl (C=O) groups excluding carboxylic acids is 1. The highest BCUT2D eigenvalue weighted by Gasteiger charge is 2.15. The third-order valence-electron chi connectivity index (χ3n) is 5.60. The number of phenols is 2. The van der Waals surface area contributed by atoms with E-state index in [4.69, 9.17) is 11.6 Å². The normalized spacial score (nSPS) is 10.3. The summed E-state index contributed by atoms with van der Waals surface area (Å²) < 4.78 is 0. The Balaban J connectivity index is 0.000000357. The SMILES string of the molecule is C=C(C)c1ccc(CC(=O)c2ccc(O)cc2O)c(CCCC)c1.Cc1ccc(Cl)cc1C. The monoisotopic (exact) mass is 464 g/mol. The van der Waals surface area contributed by atoms with Crippen LogP contribution in [0.1, 0.15) is 64.9 Å². The molecule has 0 radical (unpaired) electrons. The summed E-state index contributed by atoms with van der Waals surface area (Å²) in [7, 11) is 0. The van der Waals surface area contributed by atoms with Crippen molar-refractivity contribution in [2.24, 2.45) is 0 Å². The minimum atomic E-state index is -0.186. The van der Waals surface area contributed by atoms with Crippen LogP contribution in [-0.4, -0.2) is 16.0 Å². The number of Topliss-reactive ketones (excluding diaryl/α,β-unsaturated/α-hetero) is 1. The molecule has 0 saturated carbocycles. The second-order valence-electron chi connectivity index (χ2n) is 8.40. The lowest BCUT2D eigenvalue weighted by atomic mass is 9.92. The number of hydrogen-bond acceptors (Lipinski definition) is 3. The fourth-order valence-electron chi connectivity index (χ4n) is 3.39. The number of rotatable bonds is 7. The second kappa shape index (κ2) is 12.3. The van der Waals surface area contributed by atoms with Crippen molar-refractivity contribution in [2.75, 3.05) is 0 Å². The van der Waals surface area contributed by atoms with Crippen molar-refractivity contribution in [3.63, 3.8) is 0 Å². The molecular weight excluding hydrogens is 432 g/mol. The summed E-state index contributed by atoms with van der Waals surface area (Å²) in [5.74, 6) is -0.402. The van der Waals surface area contributed by atoms with E-state index < -0.39 is 0 Å². The van der Waals surface area contributed by atoms with Gasteiger partial charge in [0.2, 0.25) is 0 Å². The molecule has 0 unspecified atom stereocenters. The van der Waals surface area contributed by atoms with Gasteiger partial charge in [-0.3, -0.25) is 4.79 Å². The molecule has 3 nitrogen and oxygen atoms in total. The Morgan fingerprint density at radius 2 is 1.67 bits per heavy atom. The standard InChI is InChI=1S/C21H24O3.C8H9Cl/c1-4-5-6-16-11-15(14(2)3)7-8-17(16)12-20(23)19-10-9-18(22)13-21(19)24;1-6-3-4-8(9)5-7(6)2/h7-11,13,22,24H,2,4-6,12H2,1,3H3;3-5H,1-2H3. The molecule has 174 valence electrons. The van der Waals surface area contributed by atoms with Crippen LogP contribution in [0.4, 0.5) is 0 Å². The third-order valence-corrected chi connectivity index (χ3v) is 5.84. The number of carbonyl (C=O) groups is 1. The maximum atomic E-state index is 12.5. The van der Waals surface area contributed by atoms with Gasteiger partial charge < -0.3 is 10.2 Å². The van der Waals surface area contributed by atoms with Gasteiger partial charge in [0, 0.05) is 17.5 Å². The lowest BCUT2D eigenvalue weighted by molar-refractivity contribution is 0.0990. The zero-order valence-electron chi connectivity index (χ0n) is 19.9. The molecule has 0 spiro atoms. The minimum Gasteiger partial charge on any atom is -0.508 e. The van der Waals surface area contributed by atoms with Crippen LogP contribution in [0.3, 0.4) is 0 Å². The van der Waals surface area contributed by atoms with Crippen LogP contribution >= 0.6 is 11.6 Å². The predicted octanol–water partition coefficient (Wildman–Crippen LogP) is 7.86. The van der Waals surface area contributed by atoms with Gasteiger partial charge in [0.05, 0.1) is 5.56 Å². The summed E-state index contributed by atoms with van der Waals surface area (Å²) in [6.45, 7) is 12.2. The molecule has 4 heteroatoms. The number of aryl methyl sites for hydroxylation is 3. The fourth-order valence-corrected chi connectivity index (χ4v) is 3.62. The van der Waals surface area contributed by atoms with Gasteiger partial charge in [-0.15, -0.1) is 0 Å². The number of unbranched alkanes of at least 4 members (excludes halogenated alkanes) is 1. The van der Waals surface area contributed by atoms with Crippen LogP contribution in [-0.2, 0) is 12.8 Å². The van der Waals surface area contributed by atoms with Crippen molar-refractivity contribution in [3.8, 4) is 11.5 Å². The van der Waals surface area contributed by atoms with E-state index in [1.807, 2.05) is 37.3 Å². The van der Waals surface area contributed by atoms with E-state index >= 15 is 0 Å². The molecule has 0 amide bonds. The Bertz CT molecular complexity index is 1130. The van der Waals surface area contributed by atoms with Crippen molar-refractivity contribution in [1.82, 2.24) is 0 Å². The Labute approximate surface area is 202 Å². The summed E-state index contributed by atoms with van der Waals surface area (Å²) in [6.07, 6.45) is 3.30. The topological polar surface area (TPSA) is 57.5 Å². The molecular formula is C29H33ClO3. The van der Waals surface area contributed by atoms with E-state index in [0.717, 1.165) is 46.5 Å². The van der Waals surface area contributed by atoms with Gasteiger partial charge >= 0.3 is 0 Å². The average molecular weight is 465 g/mol. The summed E-state index contributed by atoms with van der Waals surface area (Å²) in [5.41, 5.74) is 7.00. The smallest absolute Gasteiger partial charge is 0.170 e. The summed E-state index contributed by atoms with van der Waals surface area (Å²) in [6, 6.07) is 16.0. The largest absolute Gasteiger partial charge is 0.508 e. The number of halogens is 1. The molecule has 0 saturated heterocycles. The highest BCUT2D eigenvalue weighted by Crippen LogP contribution is 2.26. The van der Waals surface area contributed by atoms with Crippen molar-refractivity contribution in [3.05, 3.63) is 99.6 Å². The highest BCUT2D eigenvalue weighted by atomic mass is 35.5. The van der Waals surface area contributed by atoms with E-state index in [1.54, 1.807) is 0 Å². The minimum absolute atomic E-state index is 0.0569. The van der Waals surface area contributed by atoms with Crippen molar-refractivity contribution >= 4 is 23.0 Å². The highest BCUT2D eigenvalue weighted by molar-refractivity contribution is 6.30. The van der Waals surface area contributed by atoms with Gasteiger partial charge in [-0.25, -0.2) is 0 Å². The predicted molar refractivity (Wildman–Crippen MR) is 138 cm³/mol. The molecule has 0 bridgehead atoms. The Hall–Kier alpha value is -3.04. The number of aromatic hydroxyl groups is 2. The van der Waals surface area contributed by atoms with Gasteiger partial charge in [-0.2, -0.15) is 0 Å². The first-order chi connectivity index (χ1) is 15.6. The first-order valence-electron chi connectivity index (χ1n) is 11.2. The van der Waals surface area contributed by atoms with Crippen LogP contribution in [0.2, 0.25) is 5.02 Å². The van der Waals surface area contributed by atoms with Crippen LogP contribution in [0, 0.1) is 13.8 Å². The van der Waals surface area contributed by atoms with Crippen LogP contribution in [0.15, 0.2) is 61.2 Å². The number of ketones is 1. The van der Waals surface area contributed by atoms with E-state index in [0.29, 0.717) is 0 Å². The third kappa shape index (κ3) is 7.80. The number of hydrogen-bond donors (Lipinski definition) is 2. The van der Waals surface area contributed by atoms with Gasteiger partial charge in [0.1, 0.15) is 11.5 Å². The molecule has 0 aliphatic heterocycles. The van der Waals surface area contributed by atoms with Gasteiger partial charge in [-0.05, 0) is 85.7 Å². The van der Waals surface area contributed by atoms with Crippen molar-refractivity contribution in [1.29, 1.82) is 0 Å². The number of allylic oxidation sites excluding steroid dienone is 1. The molecule has 0 aromatic heterocycles. The molecule has 33 heavy (non-hydrogen) atoms. The van der Waals surface area contributed by atoms with Gasteiger partial charge in [0.15, 0.2) is 5.78 Å². The molecule has 0 heterocycles. The summed E-state index contributed by atoms with van der Waals surface area (Å²) in [5, 5.41) is 20.0. The van der Waals surface area contributed by atoms with Gasteiger partial charge in [-0.1, -0.05) is 61.4 Å². The van der Waals surface area contributed by atoms with E-state index in [9.17, 15) is 15.0 Å². The van der Waals surface area contributed by atoms with Gasteiger partial charge in [0.25, 0.3) is 0 Å². The van der Waals surface area contributed by atoms with Crippen LogP contribution in [0.25, 0.3) is 5.57 Å². The lowest BCUT2D eigenvalue weighted by Gasteiger charge is -2.12. The Morgan fingerprint density at radius 1 is 0.939 bits per heavy atom. The van der Waals surface area contributed by atoms with Crippen LogP contribution in [0.5, 0.6) is 11.5 Å². The molecule has 0 aliphatic rings. The fraction of sp³-hybridized carbons (Fsp3) is 0.276. The lowest BCUT2D eigenvalue weighted by Crippen LogP contribution is -2.07. The first-order valence-corrected chi connectivity index (χ1v) is 11.6. The average Bonchev–Trinajstić information content (AvgIpc) is 2.76. The zero-order chi connectivity index (χ0) is 24.5.